The number of rotatable bonds is 26. The Balaban J connectivity index is 0.000000140. The van der Waals surface area contributed by atoms with Crippen LogP contribution in [-0.4, -0.2) is 208 Å². The lowest BCUT2D eigenvalue weighted by molar-refractivity contribution is -0.140. The second-order valence-electron chi connectivity index (χ2n) is 32.2. The van der Waals surface area contributed by atoms with Crippen LogP contribution in [0.2, 0.25) is 30.4 Å². The van der Waals surface area contributed by atoms with Crippen LogP contribution in [0.5, 0.6) is 0 Å². The molecule has 0 saturated carbocycles. The number of carbonyl (C=O) groups excluding carboxylic acids is 7. The van der Waals surface area contributed by atoms with Crippen molar-refractivity contribution in [3.63, 3.8) is 0 Å². The first-order chi connectivity index (χ1) is 61.6. The number of hydrogen-bond acceptors (Lipinski definition) is 16. The third kappa shape index (κ3) is 20.5. The highest BCUT2D eigenvalue weighted by molar-refractivity contribution is 8.02. The summed E-state index contributed by atoms with van der Waals surface area (Å²) in [6.07, 6.45) is 10.7. The Hall–Kier alpha value is -9.62. The summed E-state index contributed by atoms with van der Waals surface area (Å²) in [7, 11) is 0. The highest BCUT2D eigenvalue weighted by Crippen LogP contribution is 2.59. The van der Waals surface area contributed by atoms with Crippen molar-refractivity contribution < 1.29 is 43.0 Å². The van der Waals surface area contributed by atoms with E-state index in [-0.39, 0.29) is 86.3 Å². The number of piperazine rings is 1. The van der Waals surface area contributed by atoms with E-state index in [1.165, 1.54) is 35.3 Å². The zero-order valence-corrected chi connectivity index (χ0v) is 76.5. The summed E-state index contributed by atoms with van der Waals surface area (Å²) in [6, 6.07) is 58.6. The standard InChI is InChI=1S/2C32H33Cl2N5O3S.C31H28Cl2N4O3S/c2*33-23-8-9-25-26(20-36-27(25)17-23)30-32(43-24-5-2-1-3-6-24,31(41)35-11-4-12-38-13-15-42-16-14-38)18-29(40)39(30)21-22-7-10-28(34)37-19-22;1-19(20-7-9-21(32)10-8-20)37-28(39)16-31(41-23-5-3-2-4-6-23,30(40)36-14-13-34-27(38)18-36)29(37)25-17-35-26-15-22(33)11-12-24(25)26/h2*1-3,5-10,17,19-20,30,36H,4,11-16,18,21H2,(H,35,41);2-12,15,17,19,29,35H,13-14,16,18H2,1H3,(H,34,38)/t30-,32+;30-,32-;19-,29-,31-/m000/s1. The molecule has 0 radical (unpaired) electrons. The Kier molecular flexibility index (Phi) is 29.3. The Morgan fingerprint density at radius 2 is 0.866 bits per heavy atom. The molecule has 127 heavy (non-hydrogen) atoms. The third-order valence-electron chi connectivity index (χ3n) is 24.0. The van der Waals surface area contributed by atoms with Gasteiger partial charge < -0.3 is 60.0 Å². The fraction of sp³-hybridized carbons (Fsp3) is 0.316. The molecule has 6 fully saturated rings. The Labute approximate surface area is 778 Å². The van der Waals surface area contributed by atoms with Crippen molar-refractivity contribution in [2.45, 2.75) is 105 Å². The van der Waals surface area contributed by atoms with Gasteiger partial charge in [0.1, 0.15) is 24.5 Å². The molecule has 0 bridgehead atoms. The largest absolute Gasteiger partial charge is 0.379 e. The van der Waals surface area contributed by atoms with Crippen LogP contribution in [0.3, 0.4) is 0 Å². The van der Waals surface area contributed by atoms with Crippen molar-refractivity contribution in [2.75, 3.05) is 98.4 Å². The van der Waals surface area contributed by atoms with E-state index in [1.54, 1.807) is 41.6 Å². The Morgan fingerprint density at radius 3 is 1.27 bits per heavy atom. The summed E-state index contributed by atoms with van der Waals surface area (Å²) in [5, 5.41) is 15.1. The maximum atomic E-state index is 14.8. The second-order valence-corrected chi connectivity index (χ2v) is 38.9. The number of benzene rings is 7. The molecule has 6 N–H and O–H groups in total. The number of nitrogens with one attached hydrogen (secondary N) is 6. The van der Waals surface area contributed by atoms with Crippen molar-refractivity contribution in [1.82, 2.24) is 70.3 Å². The minimum absolute atomic E-state index is 0.0215. The van der Waals surface area contributed by atoms with Crippen molar-refractivity contribution in [1.29, 1.82) is 0 Å². The van der Waals surface area contributed by atoms with Gasteiger partial charge in [-0.05, 0) is 147 Å². The molecule has 32 heteroatoms. The van der Waals surface area contributed by atoms with E-state index in [0.717, 1.165) is 159 Å². The zero-order valence-electron chi connectivity index (χ0n) is 69.5. The number of H-pyrrole nitrogens is 3. The lowest BCUT2D eigenvalue weighted by Gasteiger charge is -2.41. The first-order valence-electron chi connectivity index (χ1n) is 42.2. The number of ether oxygens (including phenoxy) is 2. The number of hydrogen-bond donors (Lipinski definition) is 6. The van der Waals surface area contributed by atoms with Crippen molar-refractivity contribution >= 4 is 179 Å². The van der Waals surface area contributed by atoms with Crippen LogP contribution in [0.1, 0.15) is 96.6 Å². The first kappa shape index (κ1) is 90.7. The van der Waals surface area contributed by atoms with E-state index >= 15 is 0 Å². The number of carbonyl (C=O) groups is 7. The highest BCUT2D eigenvalue weighted by Gasteiger charge is 2.63. The molecular formula is C95H94Cl6N14O9S3. The molecule has 0 unspecified atom stereocenters. The molecule has 0 spiro atoms. The molecule has 23 nitrogen and oxygen atoms in total. The van der Waals surface area contributed by atoms with Crippen molar-refractivity contribution in [2.24, 2.45) is 0 Å². The average Bonchev–Trinajstić information content (AvgIpc) is 1.55. The number of aromatic amines is 3. The van der Waals surface area contributed by atoms with Crippen molar-refractivity contribution in [3.8, 4) is 0 Å². The van der Waals surface area contributed by atoms with Gasteiger partial charge in [0.05, 0.1) is 76.4 Å². The van der Waals surface area contributed by atoms with E-state index in [4.69, 9.17) is 79.1 Å². The van der Waals surface area contributed by atoms with Gasteiger partial charge in [-0.3, -0.25) is 43.4 Å². The lowest BCUT2D eigenvalue weighted by atomic mass is 9.89. The number of morpholine rings is 2. The normalized spacial score (nSPS) is 21.3. The summed E-state index contributed by atoms with van der Waals surface area (Å²) in [5.41, 5.74) is 7.63. The summed E-state index contributed by atoms with van der Waals surface area (Å²) >= 11 is 41.6. The molecule has 7 aromatic carbocycles. The van der Waals surface area contributed by atoms with E-state index in [9.17, 15) is 33.6 Å². The van der Waals surface area contributed by atoms with E-state index < -0.39 is 32.4 Å². The average molecular weight is 1880 g/mol. The van der Waals surface area contributed by atoms with Crippen LogP contribution in [0, 0.1) is 0 Å². The number of fused-ring (bicyclic) bond motifs is 3. The number of halogens is 6. The minimum atomic E-state index is -1.24. The summed E-state index contributed by atoms with van der Waals surface area (Å²) in [6.45, 7) is 12.6. The molecule has 6 saturated heterocycles. The molecule has 658 valence electrons. The Bertz CT molecular complexity index is 5690. The van der Waals surface area contributed by atoms with Crippen LogP contribution in [-0.2, 0) is 56.1 Å². The molecule has 18 rings (SSSR count). The fourth-order valence-electron chi connectivity index (χ4n) is 17.9. The van der Waals surface area contributed by atoms with Gasteiger partial charge in [-0.1, -0.05) is 167 Å². The summed E-state index contributed by atoms with van der Waals surface area (Å²) in [5.74, 6) is -1.08. The van der Waals surface area contributed by atoms with Crippen LogP contribution < -0.4 is 16.0 Å². The molecule has 6 aliphatic heterocycles. The maximum Gasteiger partial charge on any atom is 0.242 e. The fourth-order valence-corrected chi connectivity index (χ4v) is 23.2. The minimum Gasteiger partial charge on any atom is -0.379 e. The quantitative estimate of drug-likeness (QED) is 0.0217. The summed E-state index contributed by atoms with van der Waals surface area (Å²) in [4.78, 5) is 131. The molecule has 5 aromatic heterocycles. The van der Waals surface area contributed by atoms with Gasteiger partial charge in [0.15, 0.2) is 0 Å². The second kappa shape index (κ2) is 41.0. The van der Waals surface area contributed by atoms with Gasteiger partial charge in [0.2, 0.25) is 41.4 Å². The molecular weight excluding hydrogens is 1790 g/mol. The highest BCUT2D eigenvalue weighted by atomic mass is 35.5. The topological polar surface area (TPSA) is 267 Å². The van der Waals surface area contributed by atoms with Crippen LogP contribution >= 0.6 is 105 Å². The van der Waals surface area contributed by atoms with Crippen molar-refractivity contribution in [3.05, 3.63) is 289 Å². The van der Waals surface area contributed by atoms with Gasteiger partial charge in [0.25, 0.3) is 0 Å². The zero-order chi connectivity index (χ0) is 88.4. The number of aromatic nitrogens is 5. The maximum absolute atomic E-state index is 14.8. The number of amides is 7. The predicted molar refractivity (Wildman–Crippen MR) is 503 cm³/mol. The number of likely N-dealkylation sites (tertiary alicyclic amines) is 3. The monoisotopic (exact) mass is 1880 g/mol. The summed E-state index contributed by atoms with van der Waals surface area (Å²) < 4.78 is 7.42. The van der Waals surface area contributed by atoms with E-state index in [1.807, 2.05) is 210 Å². The predicted octanol–water partition coefficient (Wildman–Crippen LogP) is 17.4. The van der Waals surface area contributed by atoms with Gasteiger partial charge in [-0.15, -0.1) is 35.3 Å². The smallest absolute Gasteiger partial charge is 0.242 e. The van der Waals surface area contributed by atoms with Gasteiger partial charge in [-0.25, -0.2) is 9.97 Å². The van der Waals surface area contributed by atoms with E-state index in [2.05, 4.69) is 50.7 Å². The van der Waals surface area contributed by atoms with Gasteiger partial charge in [0, 0.05) is 181 Å². The number of thioether (sulfide) groups is 3. The molecule has 7 atom stereocenters. The van der Waals surface area contributed by atoms with Gasteiger partial charge in [-0.2, -0.15) is 0 Å². The SMILES string of the molecule is C[C@@H](c1ccc(Cl)cc1)N1C(=O)C[C@@](Sc2ccccc2)(C(=O)N2CCNC(=O)C2)[C@@H]1c1c[nH]c2cc(Cl)ccc12.O=C1C[C@@](Sc2ccccc2)(C(=O)NCCCN2CCOCC2)[C@H](c2c[nH]c3cc(Cl)ccc23)N1Cc1ccc(Cl)nc1.O=C1C[C@](Sc2ccccc2)(C(=O)NCCCN2CCOCC2)[C@H](c2c[nH]c3cc(Cl)ccc23)N1Cc1ccc(Cl)nc1. The Morgan fingerprint density at radius 1 is 0.472 bits per heavy atom. The molecule has 7 amide bonds. The van der Waals surface area contributed by atoms with Gasteiger partial charge >= 0.3 is 0 Å². The van der Waals surface area contributed by atoms with E-state index in [0.29, 0.717) is 56.6 Å². The third-order valence-corrected chi connectivity index (χ3v) is 29.7. The lowest BCUT2D eigenvalue weighted by Crippen LogP contribution is -2.57. The number of nitrogens with zero attached hydrogens (tertiary/aromatic N) is 8. The van der Waals surface area contributed by atoms with Crippen LogP contribution in [0.25, 0.3) is 32.7 Å². The first-order valence-corrected chi connectivity index (χ1v) is 47.0. The van der Waals surface area contributed by atoms with Crippen LogP contribution in [0.15, 0.2) is 240 Å². The van der Waals surface area contributed by atoms with Crippen LogP contribution in [0.4, 0.5) is 0 Å². The molecule has 0 aliphatic carbocycles. The molecule has 12 aromatic rings. The molecule has 6 aliphatic rings. The number of pyridine rings is 2. The molecule has 11 heterocycles.